The number of hydrogen-bond acceptors (Lipinski definition) is 6. The number of aliphatic hydroxyl groups is 1. The second-order valence-electron chi connectivity index (χ2n) is 10.4. The molecule has 40 heavy (non-hydrogen) atoms. The minimum atomic E-state index is -3.91. The van der Waals surface area contributed by atoms with Gasteiger partial charge in [0.1, 0.15) is 5.75 Å². The molecule has 8 nitrogen and oxygen atoms in total. The van der Waals surface area contributed by atoms with E-state index in [9.17, 15) is 18.3 Å². The first kappa shape index (κ1) is 31.1. The van der Waals surface area contributed by atoms with Crippen molar-refractivity contribution in [3.63, 3.8) is 0 Å². The van der Waals surface area contributed by atoms with Gasteiger partial charge in [0.25, 0.3) is 0 Å². The van der Waals surface area contributed by atoms with Gasteiger partial charge < -0.3 is 20.5 Å². The Morgan fingerprint density at radius 2 is 1.55 bits per heavy atom. The summed E-state index contributed by atoms with van der Waals surface area (Å²) in [6.07, 6.45) is -0.814. The molecule has 0 fully saturated rings. The van der Waals surface area contributed by atoms with Gasteiger partial charge in [0.2, 0.25) is 15.9 Å². The fourth-order valence-corrected chi connectivity index (χ4v) is 6.20. The first-order valence-electron chi connectivity index (χ1n) is 13.5. The summed E-state index contributed by atoms with van der Waals surface area (Å²) < 4.78 is 33.7. The molecule has 3 aromatic carbocycles. The van der Waals surface area contributed by atoms with Crippen molar-refractivity contribution >= 4 is 21.6 Å². The Hall–Kier alpha value is -3.40. The van der Waals surface area contributed by atoms with E-state index < -0.39 is 22.2 Å². The predicted octanol–water partition coefficient (Wildman–Crippen LogP) is 4.16. The number of methoxy groups -OCH3 is 1. The maximum atomic E-state index is 13.6. The number of ether oxygens (including phenoxy) is 1. The van der Waals surface area contributed by atoms with Crippen LogP contribution in [-0.2, 0) is 21.2 Å². The molecular weight excluding hydrogens is 526 g/mol. The van der Waals surface area contributed by atoms with Crippen molar-refractivity contribution in [2.45, 2.75) is 51.2 Å². The Morgan fingerprint density at radius 3 is 2.12 bits per heavy atom. The SMILES string of the molecule is COc1ccc(S(=O)(=O)N(CC(C)C)CC(O)C(Cc2ccccc2)NC(=O)CNc2c(C)cccc2C)cc1. The average Bonchev–Trinajstić information content (AvgIpc) is 2.92. The number of carbonyl (C=O) groups is 1. The highest BCUT2D eigenvalue weighted by Crippen LogP contribution is 2.22. The Labute approximate surface area is 238 Å². The van der Waals surface area contributed by atoms with Gasteiger partial charge >= 0.3 is 0 Å². The lowest BCUT2D eigenvalue weighted by molar-refractivity contribution is -0.121. The number of rotatable bonds is 14. The lowest BCUT2D eigenvalue weighted by Gasteiger charge is -2.31. The highest BCUT2D eigenvalue weighted by atomic mass is 32.2. The largest absolute Gasteiger partial charge is 0.497 e. The van der Waals surface area contributed by atoms with E-state index in [-0.39, 0.29) is 36.4 Å². The Kier molecular flexibility index (Phi) is 11.1. The van der Waals surface area contributed by atoms with E-state index in [1.807, 2.05) is 76.2 Å². The number of nitrogens with one attached hydrogen (secondary N) is 2. The second-order valence-corrected chi connectivity index (χ2v) is 12.4. The van der Waals surface area contributed by atoms with Crippen LogP contribution in [0.25, 0.3) is 0 Å². The fourth-order valence-electron chi connectivity index (χ4n) is 4.58. The van der Waals surface area contributed by atoms with E-state index in [2.05, 4.69) is 10.6 Å². The van der Waals surface area contributed by atoms with Gasteiger partial charge in [0.05, 0.1) is 30.7 Å². The zero-order valence-electron chi connectivity index (χ0n) is 23.9. The van der Waals surface area contributed by atoms with Crippen LogP contribution >= 0.6 is 0 Å². The Bertz CT molecular complexity index is 1320. The number of nitrogens with zero attached hydrogens (tertiary/aromatic N) is 1. The molecular formula is C31H41N3O5S. The number of aliphatic hydroxyl groups excluding tert-OH is 1. The zero-order valence-corrected chi connectivity index (χ0v) is 24.7. The van der Waals surface area contributed by atoms with Crippen LogP contribution in [0.1, 0.15) is 30.5 Å². The van der Waals surface area contributed by atoms with Gasteiger partial charge in [-0.1, -0.05) is 62.4 Å². The molecule has 0 aliphatic rings. The molecule has 3 rings (SSSR count). The van der Waals surface area contributed by atoms with E-state index in [1.165, 1.54) is 23.5 Å². The highest BCUT2D eigenvalue weighted by molar-refractivity contribution is 7.89. The van der Waals surface area contributed by atoms with E-state index >= 15 is 0 Å². The lowest BCUT2D eigenvalue weighted by Crippen LogP contribution is -2.52. The molecule has 3 aromatic rings. The van der Waals surface area contributed by atoms with Gasteiger partial charge in [0, 0.05) is 18.8 Å². The summed E-state index contributed by atoms with van der Waals surface area (Å²) in [5.74, 6) is 0.273. The molecule has 2 unspecified atom stereocenters. The molecule has 0 radical (unpaired) electrons. The van der Waals surface area contributed by atoms with Crippen molar-refractivity contribution in [3.8, 4) is 5.75 Å². The van der Waals surface area contributed by atoms with Crippen LogP contribution in [-0.4, -0.2) is 62.6 Å². The number of para-hydroxylation sites is 1. The summed E-state index contributed by atoms with van der Waals surface area (Å²) in [7, 11) is -2.40. The molecule has 0 spiro atoms. The Morgan fingerprint density at radius 1 is 0.925 bits per heavy atom. The second kappa shape index (κ2) is 14.3. The highest BCUT2D eigenvalue weighted by Gasteiger charge is 2.31. The smallest absolute Gasteiger partial charge is 0.243 e. The maximum Gasteiger partial charge on any atom is 0.243 e. The molecule has 1 amide bonds. The molecule has 0 bridgehead atoms. The normalized spacial score (nSPS) is 13.2. The molecule has 9 heteroatoms. The third kappa shape index (κ3) is 8.55. The molecule has 0 saturated heterocycles. The van der Waals surface area contributed by atoms with Crippen molar-refractivity contribution < 1.29 is 23.1 Å². The molecule has 0 aliphatic carbocycles. The molecule has 0 aromatic heterocycles. The van der Waals surface area contributed by atoms with Gasteiger partial charge in [-0.05, 0) is 67.1 Å². The van der Waals surface area contributed by atoms with Crippen molar-refractivity contribution in [2.75, 3.05) is 32.1 Å². The predicted molar refractivity (Wildman–Crippen MR) is 159 cm³/mol. The van der Waals surface area contributed by atoms with Crippen molar-refractivity contribution in [3.05, 3.63) is 89.5 Å². The summed E-state index contributed by atoms with van der Waals surface area (Å²) in [4.78, 5) is 13.2. The number of benzene rings is 3. The van der Waals surface area contributed by atoms with Gasteiger partial charge in [-0.15, -0.1) is 0 Å². The first-order valence-corrected chi connectivity index (χ1v) is 14.9. The van der Waals surface area contributed by atoms with Crippen LogP contribution in [0, 0.1) is 19.8 Å². The molecule has 3 N–H and O–H groups in total. The van der Waals surface area contributed by atoms with Gasteiger partial charge in [-0.3, -0.25) is 4.79 Å². The topological polar surface area (TPSA) is 108 Å². The number of aryl methyl sites for hydroxylation is 2. The molecule has 0 aliphatic heterocycles. The van der Waals surface area contributed by atoms with Crippen LogP contribution in [0.5, 0.6) is 5.75 Å². The number of anilines is 1. The van der Waals surface area contributed by atoms with Crippen LogP contribution in [0.3, 0.4) is 0 Å². The molecule has 216 valence electrons. The van der Waals surface area contributed by atoms with E-state index in [0.29, 0.717) is 12.2 Å². The van der Waals surface area contributed by atoms with E-state index in [0.717, 1.165) is 22.4 Å². The summed E-state index contributed by atoms with van der Waals surface area (Å²) in [5, 5.41) is 17.6. The van der Waals surface area contributed by atoms with Crippen molar-refractivity contribution in [1.82, 2.24) is 9.62 Å². The molecule has 0 heterocycles. The maximum absolute atomic E-state index is 13.6. The van der Waals surface area contributed by atoms with Gasteiger partial charge in [0.15, 0.2) is 0 Å². The quantitative estimate of drug-likeness (QED) is 0.270. The molecule has 0 saturated carbocycles. The third-order valence-electron chi connectivity index (χ3n) is 6.67. The average molecular weight is 568 g/mol. The van der Waals surface area contributed by atoms with E-state index in [1.54, 1.807) is 12.1 Å². The van der Waals surface area contributed by atoms with Crippen LogP contribution in [0.2, 0.25) is 0 Å². The minimum Gasteiger partial charge on any atom is -0.497 e. The zero-order chi connectivity index (χ0) is 29.3. The van der Waals surface area contributed by atoms with Crippen molar-refractivity contribution in [1.29, 1.82) is 0 Å². The number of amides is 1. The monoisotopic (exact) mass is 567 g/mol. The van der Waals surface area contributed by atoms with Gasteiger partial charge in [-0.2, -0.15) is 4.31 Å². The first-order chi connectivity index (χ1) is 19.0. The third-order valence-corrected chi connectivity index (χ3v) is 8.52. The Balaban J connectivity index is 1.81. The molecule has 2 atom stereocenters. The minimum absolute atomic E-state index is 0.0174. The number of hydrogen-bond donors (Lipinski definition) is 3. The summed E-state index contributed by atoms with van der Waals surface area (Å²) in [6.45, 7) is 7.85. The summed E-state index contributed by atoms with van der Waals surface area (Å²) in [6, 6.07) is 20.9. The summed E-state index contributed by atoms with van der Waals surface area (Å²) in [5.41, 5.74) is 3.87. The van der Waals surface area contributed by atoms with Crippen LogP contribution < -0.4 is 15.4 Å². The van der Waals surface area contributed by atoms with Crippen molar-refractivity contribution in [2.24, 2.45) is 5.92 Å². The summed E-state index contributed by atoms with van der Waals surface area (Å²) >= 11 is 0. The number of sulfonamides is 1. The number of carbonyl (C=O) groups excluding carboxylic acids is 1. The van der Waals surface area contributed by atoms with Crippen LogP contribution in [0.4, 0.5) is 5.69 Å². The standard InChI is InChI=1S/C31H41N3O5S/c1-22(2)20-34(40(37,38)27-16-14-26(39-5)15-17-27)21-29(35)28(18-25-12-7-6-8-13-25)33-30(36)19-32-31-23(3)10-9-11-24(31)4/h6-17,22,28-29,32,35H,18-21H2,1-5H3,(H,33,36). The fraction of sp³-hybridized carbons (Fsp3) is 0.387. The van der Waals surface area contributed by atoms with Gasteiger partial charge in [-0.25, -0.2) is 8.42 Å². The van der Waals surface area contributed by atoms with Crippen LogP contribution in [0.15, 0.2) is 77.7 Å². The van der Waals surface area contributed by atoms with E-state index in [4.69, 9.17) is 4.74 Å². The lowest BCUT2D eigenvalue weighted by atomic mass is 10.0.